The molecule has 0 aliphatic heterocycles. The minimum atomic E-state index is -1.42. The Morgan fingerprint density at radius 1 is 1.27 bits per heavy atom. The van der Waals surface area contributed by atoms with Gasteiger partial charge in [-0.2, -0.15) is 0 Å². The molecule has 0 N–H and O–H groups in total. The van der Waals surface area contributed by atoms with Crippen LogP contribution in [0.5, 0.6) is 0 Å². The van der Waals surface area contributed by atoms with Crippen molar-refractivity contribution < 1.29 is 9.22 Å². The molecule has 1 atom stereocenters. The van der Waals surface area contributed by atoms with E-state index in [1.54, 1.807) is 6.08 Å². The third-order valence-corrected chi connectivity index (χ3v) is 9.22. The van der Waals surface area contributed by atoms with Crippen LogP contribution in [0.1, 0.15) is 66.2 Å². The van der Waals surface area contributed by atoms with Crippen molar-refractivity contribution in [1.29, 1.82) is 0 Å². The number of hydrogen-bond acceptors (Lipinski definition) is 2. The summed E-state index contributed by atoms with van der Waals surface area (Å²) >= 11 is 0. The Morgan fingerprint density at radius 2 is 1.91 bits per heavy atom. The molecule has 0 aromatic carbocycles. The maximum absolute atomic E-state index is 10.2. The lowest BCUT2D eigenvalue weighted by Crippen LogP contribution is -2.39. The van der Waals surface area contributed by atoms with E-state index < -0.39 is 8.32 Å². The second kappa shape index (κ2) is 12.8. The van der Waals surface area contributed by atoms with Gasteiger partial charge in [0.2, 0.25) is 0 Å². The number of carbonyl (C=O) groups excluding carboxylic acids is 1. The molecule has 0 aromatic heterocycles. The molecule has 2 nitrogen and oxygen atoms in total. The number of ketones is 1. The van der Waals surface area contributed by atoms with Crippen molar-refractivity contribution in [3.63, 3.8) is 0 Å². The predicted octanol–water partition coefficient (Wildman–Crippen LogP) is 6.05. The molecule has 0 saturated heterocycles. The van der Waals surface area contributed by atoms with Gasteiger partial charge in [-0.3, -0.25) is 4.79 Å². The summed E-state index contributed by atoms with van der Waals surface area (Å²) in [6, 6.07) is 3.75. The summed E-state index contributed by atoms with van der Waals surface area (Å²) in [5.41, 5.74) is 0. The minimum Gasteiger partial charge on any atom is -0.414 e. The van der Waals surface area contributed by atoms with Crippen LogP contribution in [0.15, 0.2) is 24.8 Å². The molecule has 1 unspecified atom stereocenters. The monoisotopic (exact) mass is 324 g/mol. The largest absolute Gasteiger partial charge is 0.414 e. The van der Waals surface area contributed by atoms with E-state index in [1.165, 1.54) is 37.4 Å². The van der Waals surface area contributed by atoms with Crippen LogP contribution >= 0.6 is 0 Å². The van der Waals surface area contributed by atoms with Gasteiger partial charge < -0.3 is 4.43 Å². The van der Waals surface area contributed by atoms with Crippen molar-refractivity contribution in [2.75, 3.05) is 0 Å². The highest BCUT2D eigenvalue weighted by atomic mass is 28.4. The molecule has 0 radical (unpaired) electrons. The average molecular weight is 325 g/mol. The molecule has 22 heavy (non-hydrogen) atoms. The number of unbranched alkanes of at least 4 members (excludes halogenated alkanes) is 1. The predicted molar refractivity (Wildman–Crippen MR) is 99.8 cm³/mol. The molecule has 1 aliphatic carbocycles. The molecule has 0 spiro atoms. The lowest BCUT2D eigenvalue weighted by molar-refractivity contribution is -0.114. The van der Waals surface area contributed by atoms with Crippen LogP contribution in [0.2, 0.25) is 18.1 Å². The molecule has 0 amide bonds. The van der Waals surface area contributed by atoms with Crippen LogP contribution in [0.3, 0.4) is 0 Å². The van der Waals surface area contributed by atoms with Gasteiger partial charge in [0.25, 0.3) is 0 Å². The van der Waals surface area contributed by atoms with Gasteiger partial charge in [0.1, 0.15) is 0 Å². The van der Waals surface area contributed by atoms with E-state index in [0.717, 1.165) is 19.3 Å². The Bertz CT molecular complexity index is 324. The van der Waals surface area contributed by atoms with Crippen LogP contribution in [0.25, 0.3) is 0 Å². The lowest BCUT2D eigenvalue weighted by atomic mass is 10.1. The zero-order valence-electron chi connectivity index (χ0n) is 15.2. The Labute approximate surface area is 139 Å². The smallest absolute Gasteiger partial charge is 0.192 e. The molecular formula is C19H36O2Si. The van der Waals surface area contributed by atoms with Crippen molar-refractivity contribution in [2.24, 2.45) is 0 Å². The van der Waals surface area contributed by atoms with E-state index in [4.69, 9.17) is 4.43 Å². The summed E-state index contributed by atoms with van der Waals surface area (Å²) in [6.07, 6.45) is 12.5. The molecular weight excluding hydrogens is 288 g/mol. The normalized spacial score (nSPS) is 15.4. The highest BCUT2D eigenvalue weighted by Gasteiger charge is 2.31. The maximum Gasteiger partial charge on any atom is 0.192 e. The molecule has 0 fully saturated rings. The van der Waals surface area contributed by atoms with Crippen LogP contribution in [-0.4, -0.2) is 20.2 Å². The molecule has 0 heterocycles. The topological polar surface area (TPSA) is 26.3 Å². The number of allylic oxidation sites excluding steroid dienone is 2. The maximum atomic E-state index is 10.2. The average Bonchev–Trinajstić information content (AvgIpc) is 3.02. The van der Waals surface area contributed by atoms with Gasteiger partial charge in [-0.25, -0.2) is 0 Å². The molecule has 0 saturated carbocycles. The Hall–Kier alpha value is -0.673. The van der Waals surface area contributed by atoms with Crippen LogP contribution in [0.4, 0.5) is 0 Å². The van der Waals surface area contributed by atoms with Crippen LogP contribution in [-0.2, 0) is 9.22 Å². The van der Waals surface area contributed by atoms with Crippen molar-refractivity contribution in [3.05, 3.63) is 24.8 Å². The number of hydrogen-bond donors (Lipinski definition) is 0. The summed E-state index contributed by atoms with van der Waals surface area (Å²) in [5.74, 6) is 0.273. The zero-order valence-corrected chi connectivity index (χ0v) is 16.2. The first-order chi connectivity index (χ1) is 10.6. The second-order valence-electron chi connectivity index (χ2n) is 6.06. The molecule has 0 bridgehead atoms. The summed E-state index contributed by atoms with van der Waals surface area (Å²) in [5, 5.41) is 0. The number of carbonyl (C=O) groups is 1. The van der Waals surface area contributed by atoms with Crippen LogP contribution < -0.4 is 0 Å². The van der Waals surface area contributed by atoms with E-state index in [-0.39, 0.29) is 5.78 Å². The summed E-state index contributed by atoms with van der Waals surface area (Å²) in [6.45, 7) is 13.0. The number of rotatable bonds is 10. The highest BCUT2D eigenvalue weighted by Crippen LogP contribution is 2.26. The van der Waals surface area contributed by atoms with E-state index in [0.29, 0.717) is 6.10 Å². The Morgan fingerprint density at radius 3 is 2.23 bits per heavy atom. The summed E-state index contributed by atoms with van der Waals surface area (Å²) in [4.78, 5) is 10.2. The zero-order chi connectivity index (χ0) is 16.8. The fourth-order valence-electron chi connectivity index (χ4n) is 2.72. The Balaban J connectivity index is 0.000000604. The molecule has 1 aliphatic rings. The van der Waals surface area contributed by atoms with E-state index in [1.807, 2.05) is 12.2 Å². The summed E-state index contributed by atoms with van der Waals surface area (Å²) in [7, 11) is -1.42. The van der Waals surface area contributed by atoms with Crippen LogP contribution in [0, 0.1) is 0 Å². The minimum absolute atomic E-state index is 0.273. The SMILES string of the molecule is C=CCC(CCCC)O[Si](CC)(CC)CC.O=C1C=CCC1. The van der Waals surface area contributed by atoms with E-state index >= 15 is 0 Å². The lowest BCUT2D eigenvalue weighted by Gasteiger charge is -2.33. The molecule has 1 rings (SSSR count). The highest BCUT2D eigenvalue weighted by molar-refractivity contribution is 6.73. The van der Waals surface area contributed by atoms with Gasteiger partial charge in [-0.1, -0.05) is 52.7 Å². The van der Waals surface area contributed by atoms with Crippen molar-refractivity contribution in [2.45, 2.75) is 90.5 Å². The van der Waals surface area contributed by atoms with Gasteiger partial charge in [0, 0.05) is 12.5 Å². The van der Waals surface area contributed by atoms with E-state index in [2.05, 4.69) is 34.3 Å². The van der Waals surface area contributed by atoms with Crippen molar-refractivity contribution in [1.82, 2.24) is 0 Å². The quantitative estimate of drug-likeness (QED) is 0.361. The first kappa shape index (κ1) is 21.3. The van der Waals surface area contributed by atoms with Gasteiger partial charge in [0.15, 0.2) is 14.1 Å². The third kappa shape index (κ3) is 8.69. The van der Waals surface area contributed by atoms with Gasteiger partial charge >= 0.3 is 0 Å². The second-order valence-corrected chi connectivity index (χ2v) is 10.8. The fraction of sp³-hybridized carbons (Fsp3) is 0.737. The molecule has 3 heteroatoms. The standard InChI is InChI=1S/C14H30OSi.C5H6O/c1-6-11-13-14(12-7-2)15-16(8-3,9-4)10-5;6-5-3-1-2-4-5/h7,14H,2,6,8-13H2,1,3-5H3;1,3H,2,4H2. The summed E-state index contributed by atoms with van der Waals surface area (Å²) < 4.78 is 6.50. The Kier molecular flexibility index (Phi) is 12.4. The fourth-order valence-corrected chi connectivity index (χ4v) is 5.64. The first-order valence-corrected chi connectivity index (χ1v) is 11.6. The van der Waals surface area contributed by atoms with Crippen molar-refractivity contribution in [3.8, 4) is 0 Å². The van der Waals surface area contributed by atoms with E-state index in [9.17, 15) is 4.79 Å². The van der Waals surface area contributed by atoms with Gasteiger partial charge in [-0.15, -0.1) is 6.58 Å². The van der Waals surface area contributed by atoms with Gasteiger partial charge in [0.05, 0.1) is 0 Å². The first-order valence-electron chi connectivity index (χ1n) is 9.05. The van der Waals surface area contributed by atoms with Crippen molar-refractivity contribution >= 4 is 14.1 Å². The molecule has 0 aromatic rings. The third-order valence-electron chi connectivity index (χ3n) is 4.52. The molecule has 128 valence electrons. The van der Waals surface area contributed by atoms with Gasteiger partial charge in [-0.05, 0) is 43.5 Å².